The van der Waals surface area contributed by atoms with Crippen molar-refractivity contribution in [1.29, 1.82) is 0 Å². The first kappa shape index (κ1) is 28.9. The maximum atomic E-state index is 13.3. The summed E-state index contributed by atoms with van der Waals surface area (Å²) in [6, 6.07) is 13.1. The van der Waals surface area contributed by atoms with Gasteiger partial charge in [-0.05, 0) is 54.0 Å². The SMILES string of the molecule is COC(=O)[C@H](CCSC)NC(=O)CN(Cc1cccc2ccccc12)C[C@@H]1CCCN1C(=O)[C@@H]1CCC(=O)N1. The molecule has 0 aliphatic carbocycles. The van der Waals surface area contributed by atoms with Crippen LogP contribution in [-0.2, 0) is 30.5 Å². The van der Waals surface area contributed by atoms with Gasteiger partial charge in [0.25, 0.3) is 0 Å². The fraction of sp³-hybridized carbons (Fsp3) is 0.517. The molecule has 3 atom stereocenters. The van der Waals surface area contributed by atoms with Crippen molar-refractivity contribution in [3.05, 3.63) is 48.0 Å². The minimum Gasteiger partial charge on any atom is -0.467 e. The van der Waals surface area contributed by atoms with Crippen molar-refractivity contribution in [1.82, 2.24) is 20.4 Å². The topological polar surface area (TPSA) is 108 Å². The number of hydrogen-bond acceptors (Lipinski definition) is 7. The van der Waals surface area contributed by atoms with Gasteiger partial charge in [0.1, 0.15) is 12.1 Å². The van der Waals surface area contributed by atoms with E-state index in [0.29, 0.717) is 38.9 Å². The zero-order chi connectivity index (χ0) is 27.8. The summed E-state index contributed by atoms with van der Waals surface area (Å²) in [4.78, 5) is 54.4. The van der Waals surface area contributed by atoms with Crippen LogP contribution in [0.15, 0.2) is 42.5 Å². The number of fused-ring (bicyclic) bond motifs is 1. The summed E-state index contributed by atoms with van der Waals surface area (Å²) in [5.74, 6) is -0.119. The van der Waals surface area contributed by atoms with E-state index in [1.165, 1.54) is 7.11 Å². The fourth-order valence-electron chi connectivity index (χ4n) is 5.54. The third-order valence-electron chi connectivity index (χ3n) is 7.50. The standard InChI is InChI=1S/C29H38N4O5S/c1-38-29(37)25(14-16-39-2)31-27(35)19-32(17-21-9-5-8-20-7-3-4-11-23(20)21)18-22-10-6-15-33(22)28(36)24-12-13-26(34)30-24/h3-5,7-9,11,22,24-25H,6,10,12-19H2,1-2H3,(H,30,34)(H,31,35)/t22-,24-,25-/m0/s1. The number of nitrogens with one attached hydrogen (secondary N) is 2. The number of benzene rings is 2. The van der Waals surface area contributed by atoms with Gasteiger partial charge in [0, 0.05) is 32.1 Å². The molecule has 2 saturated heterocycles. The molecule has 0 spiro atoms. The Labute approximate surface area is 234 Å². The Morgan fingerprint density at radius 3 is 2.72 bits per heavy atom. The number of esters is 1. The van der Waals surface area contributed by atoms with Crippen molar-refractivity contribution in [2.24, 2.45) is 0 Å². The molecule has 0 aromatic heterocycles. The van der Waals surface area contributed by atoms with E-state index in [-0.39, 0.29) is 30.3 Å². The lowest BCUT2D eigenvalue weighted by Crippen LogP contribution is -2.51. The van der Waals surface area contributed by atoms with E-state index >= 15 is 0 Å². The van der Waals surface area contributed by atoms with Gasteiger partial charge < -0.3 is 20.3 Å². The summed E-state index contributed by atoms with van der Waals surface area (Å²) in [6.07, 6.45) is 5.05. The maximum absolute atomic E-state index is 13.3. The Hall–Kier alpha value is -3.11. The molecule has 2 aliphatic heterocycles. The highest BCUT2D eigenvalue weighted by atomic mass is 32.2. The van der Waals surface area contributed by atoms with Gasteiger partial charge in [-0.25, -0.2) is 4.79 Å². The first-order valence-corrected chi connectivity index (χ1v) is 14.9. The first-order chi connectivity index (χ1) is 18.9. The molecule has 10 heteroatoms. The van der Waals surface area contributed by atoms with Crippen LogP contribution in [0.5, 0.6) is 0 Å². The van der Waals surface area contributed by atoms with Crippen LogP contribution in [0.1, 0.15) is 37.7 Å². The molecule has 0 radical (unpaired) electrons. The molecule has 39 heavy (non-hydrogen) atoms. The highest BCUT2D eigenvalue weighted by molar-refractivity contribution is 7.98. The van der Waals surface area contributed by atoms with Gasteiger partial charge in [0.2, 0.25) is 17.7 Å². The van der Waals surface area contributed by atoms with E-state index in [9.17, 15) is 19.2 Å². The normalized spacial score (nSPS) is 19.8. The summed E-state index contributed by atoms with van der Waals surface area (Å²) in [5.41, 5.74) is 1.09. The highest BCUT2D eigenvalue weighted by Gasteiger charge is 2.37. The minimum atomic E-state index is -0.704. The molecular weight excluding hydrogens is 516 g/mol. The van der Waals surface area contributed by atoms with Crippen molar-refractivity contribution >= 4 is 46.2 Å². The van der Waals surface area contributed by atoms with E-state index < -0.39 is 18.1 Å². The van der Waals surface area contributed by atoms with Crippen molar-refractivity contribution in [2.45, 2.75) is 56.8 Å². The molecule has 0 saturated carbocycles. The second-order valence-corrected chi connectivity index (χ2v) is 11.2. The number of hydrogen-bond donors (Lipinski definition) is 2. The molecule has 2 N–H and O–H groups in total. The predicted molar refractivity (Wildman–Crippen MR) is 152 cm³/mol. The van der Waals surface area contributed by atoms with Gasteiger partial charge >= 0.3 is 5.97 Å². The lowest BCUT2D eigenvalue weighted by atomic mass is 10.0. The van der Waals surface area contributed by atoms with Crippen LogP contribution >= 0.6 is 11.8 Å². The Morgan fingerprint density at radius 1 is 1.18 bits per heavy atom. The monoisotopic (exact) mass is 554 g/mol. The predicted octanol–water partition coefficient (Wildman–Crippen LogP) is 2.32. The summed E-state index contributed by atoms with van der Waals surface area (Å²) >= 11 is 1.60. The Bertz CT molecular complexity index is 1190. The number of amides is 3. The number of rotatable bonds is 12. The van der Waals surface area contributed by atoms with Crippen LogP contribution in [0.3, 0.4) is 0 Å². The molecule has 210 valence electrons. The summed E-state index contributed by atoms with van der Waals surface area (Å²) in [6.45, 7) is 1.75. The third kappa shape index (κ3) is 7.51. The van der Waals surface area contributed by atoms with Crippen molar-refractivity contribution in [3.8, 4) is 0 Å². The molecule has 0 bridgehead atoms. The molecule has 2 fully saturated rings. The number of likely N-dealkylation sites (tertiary alicyclic amines) is 1. The number of thioether (sulfide) groups is 1. The number of methoxy groups -OCH3 is 1. The Kier molecular flexibility index (Phi) is 10.2. The quantitative estimate of drug-likeness (QED) is 0.388. The van der Waals surface area contributed by atoms with E-state index in [1.54, 1.807) is 11.8 Å². The molecule has 2 aromatic rings. The van der Waals surface area contributed by atoms with E-state index in [0.717, 1.165) is 34.9 Å². The molecule has 2 aliphatic rings. The van der Waals surface area contributed by atoms with Crippen LogP contribution in [-0.4, -0.2) is 90.4 Å². The molecule has 0 unspecified atom stereocenters. The maximum Gasteiger partial charge on any atom is 0.328 e. The lowest BCUT2D eigenvalue weighted by Gasteiger charge is -2.32. The van der Waals surface area contributed by atoms with Crippen molar-refractivity contribution < 1.29 is 23.9 Å². The van der Waals surface area contributed by atoms with Crippen molar-refractivity contribution in [3.63, 3.8) is 0 Å². The van der Waals surface area contributed by atoms with Gasteiger partial charge in [0.15, 0.2) is 0 Å². The molecular formula is C29H38N4O5S. The fourth-order valence-corrected chi connectivity index (χ4v) is 6.01. The second kappa shape index (κ2) is 13.8. The lowest BCUT2D eigenvalue weighted by molar-refractivity contribution is -0.145. The summed E-state index contributed by atoms with van der Waals surface area (Å²) in [7, 11) is 1.33. The average Bonchev–Trinajstić information content (AvgIpc) is 3.59. The highest BCUT2D eigenvalue weighted by Crippen LogP contribution is 2.24. The zero-order valence-electron chi connectivity index (χ0n) is 22.7. The number of nitrogens with zero attached hydrogens (tertiary/aromatic N) is 2. The summed E-state index contributed by atoms with van der Waals surface area (Å²) in [5, 5.41) is 7.90. The van der Waals surface area contributed by atoms with E-state index in [4.69, 9.17) is 4.74 Å². The van der Waals surface area contributed by atoms with Crippen molar-refractivity contribution in [2.75, 3.05) is 38.8 Å². The van der Waals surface area contributed by atoms with E-state index in [2.05, 4.69) is 39.8 Å². The summed E-state index contributed by atoms with van der Waals surface area (Å²) < 4.78 is 4.91. The zero-order valence-corrected chi connectivity index (χ0v) is 23.5. The van der Waals surface area contributed by atoms with Gasteiger partial charge in [-0.1, -0.05) is 42.5 Å². The first-order valence-electron chi connectivity index (χ1n) is 13.5. The van der Waals surface area contributed by atoms with Gasteiger partial charge in [-0.15, -0.1) is 0 Å². The average molecular weight is 555 g/mol. The number of carbonyl (C=O) groups is 4. The van der Waals surface area contributed by atoms with E-state index in [1.807, 2.05) is 29.4 Å². The van der Waals surface area contributed by atoms with Crippen LogP contribution in [0.2, 0.25) is 0 Å². The molecule has 3 amide bonds. The second-order valence-electron chi connectivity index (χ2n) is 10.2. The smallest absolute Gasteiger partial charge is 0.328 e. The van der Waals surface area contributed by atoms with Crippen LogP contribution in [0.25, 0.3) is 10.8 Å². The van der Waals surface area contributed by atoms with Crippen LogP contribution in [0, 0.1) is 0 Å². The molecule has 4 rings (SSSR count). The minimum absolute atomic E-state index is 0.0410. The van der Waals surface area contributed by atoms with Gasteiger partial charge in [-0.2, -0.15) is 11.8 Å². The van der Waals surface area contributed by atoms with Crippen LogP contribution in [0.4, 0.5) is 0 Å². The van der Waals surface area contributed by atoms with Gasteiger partial charge in [-0.3, -0.25) is 19.3 Å². The Balaban J connectivity index is 1.52. The van der Waals surface area contributed by atoms with Gasteiger partial charge in [0.05, 0.1) is 13.7 Å². The molecule has 2 heterocycles. The molecule has 2 aromatic carbocycles. The third-order valence-corrected chi connectivity index (χ3v) is 8.14. The number of ether oxygens (including phenoxy) is 1. The van der Waals surface area contributed by atoms with Crippen LogP contribution < -0.4 is 10.6 Å². The Morgan fingerprint density at radius 2 is 1.97 bits per heavy atom. The number of carbonyl (C=O) groups excluding carboxylic acids is 4. The molecule has 9 nitrogen and oxygen atoms in total. The largest absolute Gasteiger partial charge is 0.467 e.